The first kappa shape index (κ1) is 16.0. The Hall–Kier alpha value is -0.910. The van der Waals surface area contributed by atoms with Crippen LogP contribution in [-0.4, -0.2) is 46.9 Å². The molecule has 1 aromatic rings. The van der Waals surface area contributed by atoms with Crippen molar-refractivity contribution in [1.82, 2.24) is 9.88 Å². The maximum Gasteiger partial charge on any atom is 0.181 e. The number of aliphatic hydroxyl groups excluding tert-OH is 1. The molecule has 5 heteroatoms. The molecule has 124 valence electrons. The summed E-state index contributed by atoms with van der Waals surface area (Å²) < 4.78 is 11.3. The van der Waals surface area contributed by atoms with Crippen molar-refractivity contribution in [3.8, 4) is 0 Å². The van der Waals surface area contributed by atoms with Gasteiger partial charge in [0, 0.05) is 30.9 Å². The van der Waals surface area contributed by atoms with Crippen LogP contribution in [0.4, 0.5) is 0 Å². The monoisotopic (exact) mass is 308 g/mol. The molecule has 1 saturated heterocycles. The third-order valence-corrected chi connectivity index (χ3v) is 5.47. The van der Waals surface area contributed by atoms with Crippen molar-refractivity contribution < 1.29 is 14.3 Å². The molecule has 3 rings (SSSR count). The van der Waals surface area contributed by atoms with E-state index in [4.69, 9.17) is 9.15 Å². The zero-order valence-corrected chi connectivity index (χ0v) is 13.9. The number of ether oxygens (including phenoxy) is 1. The molecule has 2 fully saturated rings. The van der Waals surface area contributed by atoms with Gasteiger partial charge in [0.2, 0.25) is 0 Å². The van der Waals surface area contributed by atoms with Gasteiger partial charge < -0.3 is 14.3 Å². The van der Waals surface area contributed by atoms with Gasteiger partial charge in [-0.1, -0.05) is 13.8 Å². The average molecular weight is 308 g/mol. The van der Waals surface area contributed by atoms with Gasteiger partial charge in [0.05, 0.1) is 17.9 Å². The Labute approximate surface area is 132 Å². The predicted molar refractivity (Wildman–Crippen MR) is 83.6 cm³/mol. The Morgan fingerprint density at radius 2 is 2.18 bits per heavy atom. The highest BCUT2D eigenvalue weighted by molar-refractivity contribution is 5.12. The predicted octanol–water partition coefficient (Wildman–Crippen LogP) is 2.55. The van der Waals surface area contributed by atoms with Crippen LogP contribution in [0.25, 0.3) is 0 Å². The third-order valence-electron chi connectivity index (χ3n) is 5.47. The number of aliphatic hydroxyl groups is 1. The number of aromatic nitrogens is 1. The average Bonchev–Trinajstić information content (AvgIpc) is 2.96. The summed E-state index contributed by atoms with van der Waals surface area (Å²) in [4.78, 5) is 6.80. The van der Waals surface area contributed by atoms with Crippen molar-refractivity contribution >= 4 is 0 Å². The highest BCUT2D eigenvalue weighted by Gasteiger charge is 2.55. The minimum atomic E-state index is -0.190. The Bertz CT molecular complexity index is 490. The van der Waals surface area contributed by atoms with Crippen molar-refractivity contribution in [2.24, 2.45) is 5.41 Å². The fourth-order valence-electron chi connectivity index (χ4n) is 4.02. The van der Waals surface area contributed by atoms with Gasteiger partial charge >= 0.3 is 0 Å². The van der Waals surface area contributed by atoms with Gasteiger partial charge in [-0.3, -0.25) is 4.90 Å². The molecule has 1 spiro atoms. The number of rotatable bonds is 5. The molecule has 0 bridgehead atoms. The van der Waals surface area contributed by atoms with E-state index in [-0.39, 0.29) is 17.6 Å². The fourth-order valence-corrected chi connectivity index (χ4v) is 4.02. The molecule has 0 radical (unpaired) electrons. The maximum atomic E-state index is 10.3. The van der Waals surface area contributed by atoms with E-state index in [9.17, 15) is 5.11 Å². The normalized spacial score (nSPS) is 28.2. The van der Waals surface area contributed by atoms with E-state index in [1.165, 1.54) is 0 Å². The Morgan fingerprint density at radius 1 is 1.45 bits per heavy atom. The van der Waals surface area contributed by atoms with Gasteiger partial charge in [-0.15, -0.1) is 0 Å². The molecular formula is C17H28N2O3. The lowest BCUT2D eigenvalue weighted by Crippen LogP contribution is -2.62. The largest absolute Gasteiger partial charge is 0.448 e. The van der Waals surface area contributed by atoms with Crippen LogP contribution < -0.4 is 0 Å². The van der Waals surface area contributed by atoms with E-state index in [2.05, 4.69) is 23.7 Å². The molecule has 2 aliphatic rings. The van der Waals surface area contributed by atoms with Crippen LogP contribution >= 0.6 is 0 Å². The van der Waals surface area contributed by atoms with Crippen LogP contribution in [0.5, 0.6) is 0 Å². The number of nitrogens with zero attached hydrogens (tertiary/aromatic N) is 2. The smallest absolute Gasteiger partial charge is 0.181 e. The minimum Gasteiger partial charge on any atom is -0.448 e. The van der Waals surface area contributed by atoms with E-state index < -0.39 is 0 Å². The third kappa shape index (κ3) is 2.70. The highest BCUT2D eigenvalue weighted by Crippen LogP contribution is 2.51. The molecule has 1 aromatic heterocycles. The van der Waals surface area contributed by atoms with Gasteiger partial charge in [0.1, 0.15) is 5.76 Å². The van der Waals surface area contributed by atoms with E-state index in [0.717, 1.165) is 57.0 Å². The standard InChI is InChI=1S/C17H28N2O3/c1-4-21-15-9-14(20)17(15)5-7-19(8-6-17)10-13-16(12(2)3)22-11-18-13/h11-12,14-15,20H,4-10H2,1-3H3. The lowest BCUT2D eigenvalue weighted by atomic mass is 9.58. The number of oxazole rings is 1. The van der Waals surface area contributed by atoms with E-state index in [1.807, 2.05) is 6.92 Å². The second-order valence-electron chi connectivity index (χ2n) is 7.02. The van der Waals surface area contributed by atoms with Crippen molar-refractivity contribution in [1.29, 1.82) is 0 Å². The van der Waals surface area contributed by atoms with Gasteiger partial charge in [0.15, 0.2) is 6.39 Å². The second kappa shape index (κ2) is 6.30. The Kier molecular flexibility index (Phi) is 4.57. The number of likely N-dealkylation sites (tertiary alicyclic amines) is 1. The molecule has 2 atom stereocenters. The van der Waals surface area contributed by atoms with E-state index >= 15 is 0 Å². The van der Waals surface area contributed by atoms with Crippen LogP contribution in [-0.2, 0) is 11.3 Å². The summed E-state index contributed by atoms with van der Waals surface area (Å²) in [5.41, 5.74) is 1.05. The van der Waals surface area contributed by atoms with Crippen molar-refractivity contribution in [2.75, 3.05) is 19.7 Å². The Morgan fingerprint density at radius 3 is 2.77 bits per heavy atom. The van der Waals surface area contributed by atoms with Gasteiger partial charge in [-0.25, -0.2) is 4.98 Å². The summed E-state index contributed by atoms with van der Waals surface area (Å²) in [7, 11) is 0. The summed E-state index contributed by atoms with van der Waals surface area (Å²) in [6.07, 6.45) is 4.42. The molecular weight excluding hydrogens is 280 g/mol. The summed E-state index contributed by atoms with van der Waals surface area (Å²) in [5.74, 6) is 1.36. The van der Waals surface area contributed by atoms with Crippen LogP contribution in [0, 0.1) is 5.41 Å². The molecule has 0 amide bonds. The zero-order valence-electron chi connectivity index (χ0n) is 13.9. The first-order valence-corrected chi connectivity index (χ1v) is 8.51. The molecule has 5 nitrogen and oxygen atoms in total. The second-order valence-corrected chi connectivity index (χ2v) is 7.02. The van der Waals surface area contributed by atoms with Crippen molar-refractivity contribution in [3.63, 3.8) is 0 Å². The molecule has 22 heavy (non-hydrogen) atoms. The summed E-state index contributed by atoms with van der Waals surface area (Å²) in [6, 6.07) is 0. The summed E-state index contributed by atoms with van der Waals surface area (Å²) >= 11 is 0. The minimum absolute atomic E-state index is 0.00277. The maximum absolute atomic E-state index is 10.3. The van der Waals surface area contributed by atoms with Gasteiger partial charge in [-0.05, 0) is 32.9 Å². The van der Waals surface area contributed by atoms with E-state index in [0.29, 0.717) is 5.92 Å². The quantitative estimate of drug-likeness (QED) is 0.906. The SMILES string of the molecule is CCOC1CC(O)C12CCN(Cc1ncoc1C(C)C)CC2. The summed E-state index contributed by atoms with van der Waals surface area (Å²) in [5, 5.41) is 10.3. The van der Waals surface area contributed by atoms with Crippen LogP contribution in [0.1, 0.15) is 57.4 Å². The summed E-state index contributed by atoms with van der Waals surface area (Å²) in [6.45, 7) is 9.86. The molecule has 1 saturated carbocycles. The topological polar surface area (TPSA) is 58.7 Å². The van der Waals surface area contributed by atoms with Crippen molar-refractivity contribution in [3.05, 3.63) is 17.8 Å². The molecule has 1 N–H and O–H groups in total. The van der Waals surface area contributed by atoms with Crippen LogP contribution in [0.2, 0.25) is 0 Å². The Balaban J connectivity index is 1.59. The molecule has 2 unspecified atom stereocenters. The molecule has 1 aliphatic heterocycles. The van der Waals surface area contributed by atoms with Crippen molar-refractivity contribution in [2.45, 2.75) is 64.7 Å². The lowest BCUT2D eigenvalue weighted by molar-refractivity contribution is -0.210. The number of hydrogen-bond acceptors (Lipinski definition) is 5. The van der Waals surface area contributed by atoms with Crippen LogP contribution in [0.3, 0.4) is 0 Å². The fraction of sp³-hybridized carbons (Fsp3) is 0.824. The van der Waals surface area contributed by atoms with E-state index in [1.54, 1.807) is 6.39 Å². The molecule has 0 aromatic carbocycles. The first-order chi connectivity index (χ1) is 10.6. The molecule has 2 heterocycles. The number of piperidine rings is 1. The lowest BCUT2D eigenvalue weighted by Gasteiger charge is -2.56. The van der Waals surface area contributed by atoms with Crippen LogP contribution in [0.15, 0.2) is 10.8 Å². The zero-order chi connectivity index (χ0) is 15.7. The first-order valence-electron chi connectivity index (χ1n) is 8.51. The van der Waals surface area contributed by atoms with Gasteiger partial charge in [-0.2, -0.15) is 0 Å². The highest BCUT2D eigenvalue weighted by atomic mass is 16.5. The molecule has 1 aliphatic carbocycles. The van der Waals surface area contributed by atoms with Gasteiger partial charge in [0.25, 0.3) is 0 Å². The number of hydrogen-bond donors (Lipinski definition) is 1.